The molecule has 1 amide bonds. The first-order valence-corrected chi connectivity index (χ1v) is 9.62. The number of rotatable bonds is 6. The van der Waals surface area contributed by atoms with Crippen LogP contribution in [0.3, 0.4) is 0 Å². The van der Waals surface area contributed by atoms with Crippen molar-refractivity contribution in [1.29, 1.82) is 0 Å². The van der Waals surface area contributed by atoms with E-state index >= 15 is 0 Å². The number of benzene rings is 1. The summed E-state index contributed by atoms with van der Waals surface area (Å²) in [5.74, 6) is 1.41. The SMILES string of the molecule is COc1cccc(-c2noc(C(C)NC(=O)C3(n4cccn4)CCNCC3)n2)c1. The Bertz CT molecular complexity index is 962. The summed E-state index contributed by atoms with van der Waals surface area (Å²) in [5.41, 5.74) is 0.0582. The lowest BCUT2D eigenvalue weighted by molar-refractivity contribution is -0.132. The molecule has 0 spiro atoms. The second kappa shape index (κ2) is 8.04. The van der Waals surface area contributed by atoms with Gasteiger partial charge < -0.3 is 19.9 Å². The molecule has 1 aromatic carbocycles. The molecule has 1 saturated heterocycles. The average Bonchev–Trinajstić information content (AvgIpc) is 3.47. The number of nitrogens with zero attached hydrogens (tertiary/aromatic N) is 4. The Labute approximate surface area is 168 Å². The smallest absolute Gasteiger partial charge is 0.249 e. The summed E-state index contributed by atoms with van der Waals surface area (Å²) in [6.45, 7) is 3.34. The summed E-state index contributed by atoms with van der Waals surface area (Å²) in [6, 6.07) is 8.82. The first-order chi connectivity index (χ1) is 14.1. The van der Waals surface area contributed by atoms with Crippen molar-refractivity contribution in [1.82, 2.24) is 30.6 Å². The molecule has 1 unspecified atom stereocenters. The predicted octanol–water partition coefficient (Wildman–Crippen LogP) is 1.90. The monoisotopic (exact) mass is 396 g/mol. The number of carbonyl (C=O) groups excluding carboxylic acids is 1. The molecule has 1 fully saturated rings. The minimum atomic E-state index is -0.724. The third kappa shape index (κ3) is 3.73. The Hall–Kier alpha value is -3.20. The van der Waals surface area contributed by atoms with E-state index in [2.05, 4.69) is 25.9 Å². The maximum Gasteiger partial charge on any atom is 0.249 e. The van der Waals surface area contributed by atoms with Gasteiger partial charge in [0.1, 0.15) is 17.3 Å². The van der Waals surface area contributed by atoms with Gasteiger partial charge in [-0.05, 0) is 51.1 Å². The summed E-state index contributed by atoms with van der Waals surface area (Å²) >= 11 is 0. The van der Waals surface area contributed by atoms with Gasteiger partial charge in [0.05, 0.1) is 7.11 Å². The Balaban J connectivity index is 1.52. The zero-order chi connectivity index (χ0) is 20.3. The van der Waals surface area contributed by atoms with E-state index in [1.54, 1.807) is 18.0 Å². The molecule has 9 heteroatoms. The lowest BCUT2D eigenvalue weighted by Crippen LogP contribution is -2.55. The molecule has 0 aliphatic carbocycles. The number of hydrogen-bond donors (Lipinski definition) is 2. The van der Waals surface area contributed by atoms with Crippen LogP contribution in [0.2, 0.25) is 0 Å². The van der Waals surface area contributed by atoms with Gasteiger partial charge >= 0.3 is 0 Å². The molecule has 29 heavy (non-hydrogen) atoms. The van der Waals surface area contributed by atoms with Gasteiger partial charge in [-0.15, -0.1) is 0 Å². The quantitative estimate of drug-likeness (QED) is 0.655. The number of carbonyl (C=O) groups is 1. The molecule has 4 rings (SSSR count). The molecule has 3 aromatic rings. The van der Waals surface area contributed by atoms with Crippen molar-refractivity contribution < 1.29 is 14.1 Å². The second-order valence-corrected chi connectivity index (χ2v) is 7.12. The minimum absolute atomic E-state index is 0.101. The van der Waals surface area contributed by atoms with Gasteiger partial charge in [-0.25, -0.2) is 0 Å². The van der Waals surface area contributed by atoms with Crippen LogP contribution in [0.15, 0.2) is 47.2 Å². The van der Waals surface area contributed by atoms with Crippen molar-refractivity contribution in [2.24, 2.45) is 0 Å². The highest BCUT2D eigenvalue weighted by molar-refractivity contribution is 5.84. The zero-order valence-electron chi connectivity index (χ0n) is 16.5. The molecular weight excluding hydrogens is 372 g/mol. The van der Waals surface area contributed by atoms with Gasteiger partial charge in [0, 0.05) is 18.0 Å². The van der Waals surface area contributed by atoms with Gasteiger partial charge in [0.2, 0.25) is 17.6 Å². The number of nitrogens with one attached hydrogen (secondary N) is 2. The van der Waals surface area contributed by atoms with Crippen LogP contribution in [-0.2, 0) is 10.3 Å². The predicted molar refractivity (Wildman–Crippen MR) is 105 cm³/mol. The molecule has 1 aliphatic rings. The van der Waals surface area contributed by atoms with E-state index in [9.17, 15) is 4.79 Å². The molecule has 2 N–H and O–H groups in total. The van der Waals surface area contributed by atoms with Crippen LogP contribution in [0.1, 0.15) is 31.7 Å². The van der Waals surface area contributed by atoms with Gasteiger partial charge in [0.15, 0.2) is 0 Å². The Morgan fingerprint density at radius 3 is 2.90 bits per heavy atom. The van der Waals surface area contributed by atoms with Gasteiger partial charge in [-0.3, -0.25) is 9.48 Å². The van der Waals surface area contributed by atoms with Crippen LogP contribution in [0, 0.1) is 0 Å². The van der Waals surface area contributed by atoms with Crippen LogP contribution >= 0.6 is 0 Å². The molecule has 9 nitrogen and oxygen atoms in total. The Kier molecular flexibility index (Phi) is 5.30. The third-order valence-corrected chi connectivity index (χ3v) is 5.28. The number of piperidine rings is 1. The highest BCUT2D eigenvalue weighted by Crippen LogP contribution is 2.29. The molecule has 1 aliphatic heterocycles. The fourth-order valence-corrected chi connectivity index (χ4v) is 3.61. The Morgan fingerprint density at radius 2 is 2.17 bits per heavy atom. The van der Waals surface area contributed by atoms with Crippen molar-refractivity contribution in [2.75, 3.05) is 20.2 Å². The topological polar surface area (TPSA) is 107 Å². The van der Waals surface area contributed by atoms with Crippen molar-refractivity contribution in [2.45, 2.75) is 31.3 Å². The summed E-state index contributed by atoms with van der Waals surface area (Å²) in [4.78, 5) is 17.7. The van der Waals surface area contributed by atoms with Crippen LogP contribution in [0.4, 0.5) is 0 Å². The van der Waals surface area contributed by atoms with Crippen molar-refractivity contribution in [3.8, 4) is 17.1 Å². The van der Waals surface area contributed by atoms with Gasteiger partial charge in [-0.2, -0.15) is 10.1 Å². The maximum atomic E-state index is 13.3. The maximum absolute atomic E-state index is 13.3. The molecule has 0 radical (unpaired) electrons. The minimum Gasteiger partial charge on any atom is -0.497 e. The van der Waals surface area contributed by atoms with E-state index in [4.69, 9.17) is 9.26 Å². The normalized spacial score (nSPS) is 16.9. The molecule has 0 bridgehead atoms. The van der Waals surface area contributed by atoms with E-state index in [0.717, 1.165) is 18.7 Å². The lowest BCUT2D eigenvalue weighted by Gasteiger charge is -2.36. The molecule has 152 valence electrons. The Morgan fingerprint density at radius 1 is 1.34 bits per heavy atom. The molecule has 3 heterocycles. The molecule has 2 aromatic heterocycles. The largest absolute Gasteiger partial charge is 0.497 e. The summed E-state index contributed by atoms with van der Waals surface area (Å²) in [7, 11) is 1.61. The standard InChI is InChI=1S/C20H24N6O3/c1-14(18-24-17(25-29-18)15-5-3-6-16(13-15)28-2)23-19(27)20(7-10-21-11-8-20)26-12-4-9-22-26/h3-6,9,12-14,21H,7-8,10-11H2,1-2H3,(H,23,27). The fraction of sp³-hybridized carbons (Fsp3) is 0.400. The highest BCUT2D eigenvalue weighted by Gasteiger charge is 2.42. The van der Waals surface area contributed by atoms with Crippen molar-refractivity contribution in [3.05, 3.63) is 48.6 Å². The van der Waals surface area contributed by atoms with E-state index in [1.807, 2.05) is 43.5 Å². The highest BCUT2D eigenvalue weighted by atomic mass is 16.5. The fourth-order valence-electron chi connectivity index (χ4n) is 3.61. The molecule has 1 atom stereocenters. The van der Waals surface area contributed by atoms with Crippen molar-refractivity contribution >= 4 is 5.91 Å². The number of ether oxygens (including phenoxy) is 1. The van der Waals surface area contributed by atoms with E-state index in [0.29, 0.717) is 30.3 Å². The molecule has 0 saturated carbocycles. The van der Waals surface area contributed by atoms with Crippen molar-refractivity contribution in [3.63, 3.8) is 0 Å². The lowest BCUT2D eigenvalue weighted by atomic mass is 9.87. The van der Waals surface area contributed by atoms with E-state index in [1.165, 1.54) is 0 Å². The van der Waals surface area contributed by atoms with Crippen LogP contribution in [0.25, 0.3) is 11.4 Å². The van der Waals surface area contributed by atoms with Crippen LogP contribution in [-0.4, -0.2) is 46.0 Å². The zero-order valence-corrected chi connectivity index (χ0v) is 16.5. The van der Waals surface area contributed by atoms with E-state index < -0.39 is 11.6 Å². The van der Waals surface area contributed by atoms with Crippen LogP contribution < -0.4 is 15.4 Å². The number of hydrogen-bond acceptors (Lipinski definition) is 7. The summed E-state index contributed by atoms with van der Waals surface area (Å²) in [6.07, 6.45) is 4.85. The van der Waals surface area contributed by atoms with Crippen LogP contribution in [0.5, 0.6) is 5.75 Å². The van der Waals surface area contributed by atoms with E-state index in [-0.39, 0.29) is 5.91 Å². The summed E-state index contributed by atoms with van der Waals surface area (Å²) < 4.78 is 12.4. The first-order valence-electron chi connectivity index (χ1n) is 9.62. The number of amides is 1. The summed E-state index contributed by atoms with van der Waals surface area (Å²) in [5, 5.41) is 14.7. The van der Waals surface area contributed by atoms with Gasteiger partial charge in [-0.1, -0.05) is 17.3 Å². The molecular formula is C20H24N6O3. The second-order valence-electron chi connectivity index (χ2n) is 7.12. The van der Waals surface area contributed by atoms with Gasteiger partial charge in [0.25, 0.3) is 0 Å². The average molecular weight is 396 g/mol. The number of aromatic nitrogens is 4. The third-order valence-electron chi connectivity index (χ3n) is 5.28. The number of methoxy groups -OCH3 is 1. The first kappa shape index (κ1) is 19.1.